The van der Waals surface area contributed by atoms with Gasteiger partial charge in [-0.05, 0) is 11.6 Å². The standard InChI is InChI=1S/C21H15NS2/c23-20(16-11-5-2-6-12-16)22-21-19(15-9-3-1-4-10-15)17-13-7-8-14-18(17)24-21/h1-14H,(H,22,23). The van der Waals surface area contributed by atoms with Crippen LogP contribution in [0.5, 0.6) is 0 Å². The molecule has 0 fully saturated rings. The Morgan fingerprint density at radius 3 is 2.12 bits per heavy atom. The van der Waals surface area contributed by atoms with E-state index in [0.717, 1.165) is 15.6 Å². The van der Waals surface area contributed by atoms with E-state index in [1.54, 1.807) is 11.3 Å². The molecule has 116 valence electrons. The Morgan fingerprint density at radius 2 is 1.38 bits per heavy atom. The molecule has 4 rings (SSSR count). The van der Waals surface area contributed by atoms with Crippen molar-refractivity contribution in [1.29, 1.82) is 0 Å². The third kappa shape index (κ3) is 2.84. The molecule has 1 aromatic heterocycles. The maximum Gasteiger partial charge on any atom is 0.111 e. The van der Waals surface area contributed by atoms with Gasteiger partial charge >= 0.3 is 0 Å². The quantitative estimate of drug-likeness (QED) is 0.434. The van der Waals surface area contributed by atoms with Crippen LogP contribution in [0, 0.1) is 0 Å². The zero-order chi connectivity index (χ0) is 16.4. The SMILES string of the molecule is S=C(Nc1sc2ccccc2c1-c1ccccc1)c1ccccc1. The van der Waals surface area contributed by atoms with E-state index in [2.05, 4.69) is 53.8 Å². The van der Waals surface area contributed by atoms with E-state index in [1.165, 1.54) is 21.2 Å². The van der Waals surface area contributed by atoms with E-state index in [-0.39, 0.29) is 0 Å². The molecule has 0 aliphatic heterocycles. The molecule has 3 aromatic carbocycles. The van der Waals surface area contributed by atoms with Crippen LogP contribution in [0.2, 0.25) is 0 Å². The van der Waals surface area contributed by atoms with Crippen molar-refractivity contribution in [2.45, 2.75) is 0 Å². The van der Waals surface area contributed by atoms with E-state index in [9.17, 15) is 0 Å². The van der Waals surface area contributed by atoms with Gasteiger partial charge in [0, 0.05) is 21.2 Å². The van der Waals surface area contributed by atoms with E-state index in [0.29, 0.717) is 0 Å². The zero-order valence-electron chi connectivity index (χ0n) is 12.9. The van der Waals surface area contributed by atoms with Gasteiger partial charge in [0.15, 0.2) is 0 Å². The van der Waals surface area contributed by atoms with Crippen molar-refractivity contribution in [2.75, 3.05) is 5.32 Å². The average molecular weight is 345 g/mol. The summed E-state index contributed by atoms with van der Waals surface area (Å²) < 4.78 is 1.26. The second kappa shape index (κ2) is 6.56. The minimum absolute atomic E-state index is 0.749. The summed E-state index contributed by atoms with van der Waals surface area (Å²) in [7, 11) is 0. The number of anilines is 1. The first-order chi connectivity index (χ1) is 11.8. The van der Waals surface area contributed by atoms with Crippen LogP contribution in [0.3, 0.4) is 0 Å². The Bertz CT molecular complexity index is 988. The molecule has 0 amide bonds. The highest BCUT2D eigenvalue weighted by Gasteiger charge is 2.15. The maximum absolute atomic E-state index is 5.61. The second-order valence-electron chi connectivity index (χ2n) is 5.49. The molecular weight excluding hydrogens is 330 g/mol. The van der Waals surface area contributed by atoms with Crippen molar-refractivity contribution in [1.82, 2.24) is 0 Å². The lowest BCUT2D eigenvalue weighted by Gasteiger charge is -2.09. The summed E-state index contributed by atoms with van der Waals surface area (Å²) in [6, 6.07) is 29.0. The first-order valence-electron chi connectivity index (χ1n) is 7.76. The number of nitrogens with one attached hydrogen (secondary N) is 1. The Hall–Kier alpha value is -2.49. The van der Waals surface area contributed by atoms with E-state index >= 15 is 0 Å². The predicted octanol–water partition coefficient (Wildman–Crippen LogP) is 6.36. The summed E-state index contributed by atoms with van der Waals surface area (Å²) in [5.41, 5.74) is 3.45. The molecular formula is C21H15NS2. The summed E-state index contributed by atoms with van der Waals surface area (Å²) in [4.78, 5) is 0.749. The molecule has 3 heteroatoms. The molecule has 0 aliphatic rings. The number of hydrogen-bond donors (Lipinski definition) is 1. The molecule has 0 atom stereocenters. The van der Waals surface area contributed by atoms with Gasteiger partial charge < -0.3 is 5.32 Å². The van der Waals surface area contributed by atoms with Gasteiger partial charge in [0.2, 0.25) is 0 Å². The van der Waals surface area contributed by atoms with Gasteiger partial charge in [0.05, 0.1) is 0 Å². The van der Waals surface area contributed by atoms with Crippen molar-refractivity contribution in [2.24, 2.45) is 0 Å². The molecule has 0 radical (unpaired) electrons. The van der Waals surface area contributed by atoms with Gasteiger partial charge in [-0.2, -0.15) is 0 Å². The number of thiocarbonyl (C=S) groups is 1. The van der Waals surface area contributed by atoms with Crippen molar-refractivity contribution in [3.8, 4) is 11.1 Å². The highest BCUT2D eigenvalue weighted by molar-refractivity contribution is 7.81. The van der Waals surface area contributed by atoms with Gasteiger partial charge in [-0.1, -0.05) is 91.1 Å². The van der Waals surface area contributed by atoms with Gasteiger partial charge in [-0.15, -0.1) is 11.3 Å². The lowest BCUT2D eigenvalue weighted by atomic mass is 10.0. The lowest BCUT2D eigenvalue weighted by Crippen LogP contribution is -2.09. The van der Waals surface area contributed by atoms with Gasteiger partial charge in [-0.25, -0.2) is 0 Å². The minimum Gasteiger partial charge on any atom is -0.337 e. The van der Waals surface area contributed by atoms with Crippen molar-refractivity contribution >= 4 is 43.6 Å². The minimum atomic E-state index is 0.749. The van der Waals surface area contributed by atoms with Crippen LogP contribution in [-0.2, 0) is 0 Å². The topological polar surface area (TPSA) is 12.0 Å². The number of benzene rings is 3. The predicted molar refractivity (Wildman–Crippen MR) is 109 cm³/mol. The molecule has 24 heavy (non-hydrogen) atoms. The smallest absolute Gasteiger partial charge is 0.111 e. The summed E-state index contributed by atoms with van der Waals surface area (Å²) in [6.45, 7) is 0. The maximum atomic E-state index is 5.61. The van der Waals surface area contributed by atoms with E-state index in [4.69, 9.17) is 12.2 Å². The van der Waals surface area contributed by atoms with Crippen molar-refractivity contribution in [3.05, 3.63) is 90.5 Å². The second-order valence-corrected chi connectivity index (χ2v) is 6.95. The van der Waals surface area contributed by atoms with Crippen LogP contribution >= 0.6 is 23.6 Å². The number of fused-ring (bicyclic) bond motifs is 1. The van der Waals surface area contributed by atoms with Crippen LogP contribution in [0.15, 0.2) is 84.9 Å². The van der Waals surface area contributed by atoms with Crippen LogP contribution in [0.25, 0.3) is 21.2 Å². The summed E-state index contributed by atoms with van der Waals surface area (Å²) in [5.74, 6) is 0. The fraction of sp³-hybridized carbons (Fsp3) is 0. The number of rotatable bonds is 3. The van der Waals surface area contributed by atoms with Gasteiger partial charge in [0.1, 0.15) is 9.99 Å². The molecule has 0 saturated heterocycles. The van der Waals surface area contributed by atoms with Crippen LogP contribution < -0.4 is 5.32 Å². The first-order valence-corrected chi connectivity index (χ1v) is 8.99. The zero-order valence-corrected chi connectivity index (χ0v) is 14.5. The van der Waals surface area contributed by atoms with Crippen LogP contribution in [0.1, 0.15) is 5.56 Å². The monoisotopic (exact) mass is 345 g/mol. The summed E-state index contributed by atoms with van der Waals surface area (Å²) >= 11 is 7.36. The number of thiophene rings is 1. The molecule has 0 aliphatic carbocycles. The fourth-order valence-electron chi connectivity index (χ4n) is 2.79. The van der Waals surface area contributed by atoms with Gasteiger partial charge in [0.25, 0.3) is 0 Å². The number of hydrogen-bond acceptors (Lipinski definition) is 2. The Balaban J connectivity index is 1.82. The van der Waals surface area contributed by atoms with Crippen molar-refractivity contribution < 1.29 is 0 Å². The third-order valence-corrected chi connectivity index (χ3v) is 5.34. The molecule has 0 spiro atoms. The van der Waals surface area contributed by atoms with E-state index < -0.39 is 0 Å². The average Bonchev–Trinajstić information content (AvgIpc) is 3.01. The molecule has 1 N–H and O–H groups in total. The third-order valence-electron chi connectivity index (χ3n) is 3.92. The summed E-state index contributed by atoms with van der Waals surface area (Å²) in [6.07, 6.45) is 0. The molecule has 0 bridgehead atoms. The first kappa shape index (κ1) is 15.1. The van der Waals surface area contributed by atoms with Crippen molar-refractivity contribution in [3.63, 3.8) is 0 Å². The highest BCUT2D eigenvalue weighted by atomic mass is 32.1. The largest absolute Gasteiger partial charge is 0.337 e. The fourth-order valence-corrected chi connectivity index (χ4v) is 4.22. The molecule has 0 saturated carbocycles. The Kier molecular flexibility index (Phi) is 4.11. The normalized spacial score (nSPS) is 10.7. The van der Waals surface area contributed by atoms with Gasteiger partial charge in [-0.3, -0.25) is 0 Å². The van der Waals surface area contributed by atoms with E-state index in [1.807, 2.05) is 36.4 Å². The highest BCUT2D eigenvalue weighted by Crippen LogP contribution is 2.42. The molecule has 4 aromatic rings. The molecule has 0 unspecified atom stereocenters. The molecule has 1 nitrogen and oxygen atoms in total. The Morgan fingerprint density at radius 1 is 0.750 bits per heavy atom. The molecule has 1 heterocycles. The van der Waals surface area contributed by atoms with Crippen LogP contribution in [0.4, 0.5) is 5.00 Å². The summed E-state index contributed by atoms with van der Waals surface area (Å²) in [5, 5.41) is 5.81. The lowest BCUT2D eigenvalue weighted by molar-refractivity contribution is 1.64. The Labute approximate surface area is 150 Å². The van der Waals surface area contributed by atoms with Crippen LogP contribution in [-0.4, -0.2) is 4.99 Å².